The van der Waals surface area contributed by atoms with Crippen LogP contribution in [-0.4, -0.2) is 23.8 Å². The summed E-state index contributed by atoms with van der Waals surface area (Å²) in [5, 5.41) is 4.44. The summed E-state index contributed by atoms with van der Waals surface area (Å²) in [6.07, 6.45) is 0.300. The van der Waals surface area contributed by atoms with Crippen LogP contribution in [0.5, 0.6) is 0 Å². The van der Waals surface area contributed by atoms with Crippen LogP contribution in [0.4, 0.5) is 8.78 Å². The standard InChI is InChI=1S/C12H10F2N2O3/c13-7-2-1-6(5-8(7)14)11(18)15-9-3-4-10(17)16-12(9)19/h1-2,5,9H,3-4H2,(H,15,18)(H,16,17,19). The second kappa shape index (κ2) is 5.13. The molecule has 1 aromatic rings. The Hall–Kier alpha value is -2.31. The minimum absolute atomic E-state index is 0.0939. The lowest BCUT2D eigenvalue weighted by molar-refractivity contribution is -0.134. The minimum atomic E-state index is -1.14. The van der Waals surface area contributed by atoms with E-state index in [-0.39, 0.29) is 18.4 Å². The number of nitrogens with one attached hydrogen (secondary N) is 2. The van der Waals surface area contributed by atoms with Crippen LogP contribution >= 0.6 is 0 Å². The van der Waals surface area contributed by atoms with E-state index >= 15 is 0 Å². The molecule has 1 aliphatic rings. The van der Waals surface area contributed by atoms with E-state index in [1.807, 2.05) is 0 Å². The van der Waals surface area contributed by atoms with Crippen molar-refractivity contribution in [2.24, 2.45) is 0 Å². The van der Waals surface area contributed by atoms with Gasteiger partial charge in [-0.25, -0.2) is 8.78 Å². The number of rotatable bonds is 2. The maximum absolute atomic E-state index is 13.0. The van der Waals surface area contributed by atoms with Gasteiger partial charge in [-0.05, 0) is 24.6 Å². The van der Waals surface area contributed by atoms with Gasteiger partial charge in [0.2, 0.25) is 11.8 Å². The number of amides is 3. The molecule has 1 fully saturated rings. The average molecular weight is 268 g/mol. The van der Waals surface area contributed by atoms with Crippen molar-refractivity contribution in [1.29, 1.82) is 0 Å². The molecule has 1 saturated heterocycles. The quantitative estimate of drug-likeness (QED) is 0.767. The molecular weight excluding hydrogens is 258 g/mol. The van der Waals surface area contributed by atoms with Gasteiger partial charge in [0, 0.05) is 12.0 Å². The van der Waals surface area contributed by atoms with Crippen molar-refractivity contribution in [3.05, 3.63) is 35.4 Å². The highest BCUT2D eigenvalue weighted by atomic mass is 19.2. The van der Waals surface area contributed by atoms with E-state index in [0.717, 1.165) is 18.2 Å². The van der Waals surface area contributed by atoms with Crippen LogP contribution in [0, 0.1) is 11.6 Å². The summed E-state index contributed by atoms with van der Waals surface area (Å²) in [6, 6.07) is 1.84. The maximum Gasteiger partial charge on any atom is 0.252 e. The van der Waals surface area contributed by atoms with Crippen molar-refractivity contribution < 1.29 is 23.2 Å². The first-order valence-electron chi connectivity index (χ1n) is 5.57. The van der Waals surface area contributed by atoms with Crippen LogP contribution in [0.2, 0.25) is 0 Å². The second-order valence-corrected chi connectivity index (χ2v) is 4.11. The Labute approximate surface area is 107 Å². The van der Waals surface area contributed by atoms with E-state index in [1.165, 1.54) is 0 Å². The molecule has 0 radical (unpaired) electrons. The fraction of sp³-hybridized carbons (Fsp3) is 0.250. The lowest BCUT2D eigenvalue weighted by Gasteiger charge is -2.21. The molecule has 100 valence electrons. The first kappa shape index (κ1) is 13.1. The molecule has 0 aliphatic carbocycles. The molecule has 3 amide bonds. The lowest BCUT2D eigenvalue weighted by Crippen LogP contribution is -2.52. The van der Waals surface area contributed by atoms with Crippen LogP contribution in [0.15, 0.2) is 18.2 Å². The first-order chi connectivity index (χ1) is 8.97. The monoisotopic (exact) mass is 268 g/mol. The molecule has 19 heavy (non-hydrogen) atoms. The van der Waals surface area contributed by atoms with Gasteiger partial charge in [-0.2, -0.15) is 0 Å². The minimum Gasteiger partial charge on any atom is -0.340 e. The van der Waals surface area contributed by atoms with E-state index in [1.54, 1.807) is 0 Å². The van der Waals surface area contributed by atoms with Gasteiger partial charge < -0.3 is 5.32 Å². The third-order valence-electron chi connectivity index (χ3n) is 2.73. The van der Waals surface area contributed by atoms with Crippen molar-refractivity contribution in [2.45, 2.75) is 18.9 Å². The van der Waals surface area contributed by atoms with Crippen molar-refractivity contribution in [1.82, 2.24) is 10.6 Å². The number of imide groups is 1. The summed E-state index contributed by atoms with van der Waals surface area (Å²) in [7, 11) is 0. The predicted octanol–water partition coefficient (Wildman–Crippen LogP) is 0.500. The number of carbonyl (C=O) groups is 3. The Morgan fingerprint density at radius 1 is 1.26 bits per heavy atom. The molecule has 1 heterocycles. The fourth-order valence-electron chi connectivity index (χ4n) is 1.71. The fourth-order valence-corrected chi connectivity index (χ4v) is 1.71. The highest BCUT2D eigenvalue weighted by Gasteiger charge is 2.28. The molecular formula is C12H10F2N2O3. The van der Waals surface area contributed by atoms with Crippen molar-refractivity contribution in [3.8, 4) is 0 Å². The number of hydrogen-bond donors (Lipinski definition) is 2. The van der Waals surface area contributed by atoms with Gasteiger partial charge >= 0.3 is 0 Å². The topological polar surface area (TPSA) is 75.3 Å². The van der Waals surface area contributed by atoms with Gasteiger partial charge in [0.05, 0.1) is 0 Å². The molecule has 0 saturated carbocycles. The van der Waals surface area contributed by atoms with E-state index < -0.39 is 35.4 Å². The predicted molar refractivity (Wildman–Crippen MR) is 60.0 cm³/mol. The summed E-state index contributed by atoms with van der Waals surface area (Å²) < 4.78 is 25.7. The first-order valence-corrected chi connectivity index (χ1v) is 5.57. The third-order valence-corrected chi connectivity index (χ3v) is 2.73. The normalized spacial score (nSPS) is 18.9. The smallest absolute Gasteiger partial charge is 0.252 e. The molecule has 0 bridgehead atoms. The number of carbonyl (C=O) groups excluding carboxylic acids is 3. The van der Waals surface area contributed by atoms with Crippen LogP contribution in [0.25, 0.3) is 0 Å². The summed E-state index contributed by atoms with van der Waals surface area (Å²) in [6.45, 7) is 0. The number of piperidine rings is 1. The molecule has 1 aliphatic heterocycles. The number of halogens is 2. The van der Waals surface area contributed by atoms with Crippen molar-refractivity contribution >= 4 is 17.7 Å². The molecule has 0 spiro atoms. The second-order valence-electron chi connectivity index (χ2n) is 4.11. The summed E-state index contributed by atoms with van der Waals surface area (Å²) >= 11 is 0. The van der Waals surface area contributed by atoms with E-state index in [4.69, 9.17) is 0 Å². The Bertz CT molecular complexity index is 560. The molecule has 2 rings (SSSR count). The summed E-state index contributed by atoms with van der Waals surface area (Å²) in [5.74, 6) is -3.91. The Morgan fingerprint density at radius 2 is 2.00 bits per heavy atom. The Kier molecular flexibility index (Phi) is 3.55. The molecule has 0 aromatic heterocycles. The number of benzene rings is 1. The van der Waals surface area contributed by atoms with Gasteiger partial charge in [0.15, 0.2) is 11.6 Å². The summed E-state index contributed by atoms with van der Waals surface area (Å²) in [4.78, 5) is 34.1. The largest absolute Gasteiger partial charge is 0.340 e. The van der Waals surface area contributed by atoms with E-state index in [0.29, 0.717) is 0 Å². The summed E-state index contributed by atoms with van der Waals surface area (Å²) in [5.41, 5.74) is -0.0939. The van der Waals surface area contributed by atoms with Crippen molar-refractivity contribution in [2.75, 3.05) is 0 Å². The van der Waals surface area contributed by atoms with E-state index in [9.17, 15) is 23.2 Å². The van der Waals surface area contributed by atoms with Gasteiger partial charge in [0.25, 0.3) is 5.91 Å². The van der Waals surface area contributed by atoms with Crippen LogP contribution < -0.4 is 10.6 Å². The molecule has 1 aromatic carbocycles. The molecule has 2 N–H and O–H groups in total. The maximum atomic E-state index is 13.0. The Balaban J connectivity index is 2.06. The molecule has 7 heteroatoms. The van der Waals surface area contributed by atoms with Crippen LogP contribution in [0.1, 0.15) is 23.2 Å². The zero-order valence-corrected chi connectivity index (χ0v) is 9.70. The third kappa shape index (κ3) is 2.93. The molecule has 1 unspecified atom stereocenters. The van der Waals surface area contributed by atoms with E-state index in [2.05, 4.69) is 10.6 Å². The zero-order chi connectivity index (χ0) is 14.0. The highest BCUT2D eigenvalue weighted by molar-refractivity contribution is 6.03. The Morgan fingerprint density at radius 3 is 2.63 bits per heavy atom. The lowest BCUT2D eigenvalue weighted by atomic mass is 10.1. The van der Waals surface area contributed by atoms with Crippen LogP contribution in [-0.2, 0) is 9.59 Å². The van der Waals surface area contributed by atoms with Gasteiger partial charge in [-0.3, -0.25) is 19.7 Å². The van der Waals surface area contributed by atoms with Gasteiger partial charge in [-0.15, -0.1) is 0 Å². The number of hydrogen-bond acceptors (Lipinski definition) is 3. The molecule has 1 atom stereocenters. The zero-order valence-electron chi connectivity index (χ0n) is 9.70. The molecule has 5 nitrogen and oxygen atoms in total. The van der Waals surface area contributed by atoms with Gasteiger partial charge in [-0.1, -0.05) is 0 Å². The average Bonchev–Trinajstić information content (AvgIpc) is 2.36. The van der Waals surface area contributed by atoms with Crippen molar-refractivity contribution in [3.63, 3.8) is 0 Å². The van der Waals surface area contributed by atoms with Crippen LogP contribution in [0.3, 0.4) is 0 Å². The highest BCUT2D eigenvalue weighted by Crippen LogP contribution is 2.10. The van der Waals surface area contributed by atoms with Gasteiger partial charge in [0.1, 0.15) is 6.04 Å². The SMILES string of the molecule is O=C1CCC(NC(=O)c2ccc(F)c(F)c2)C(=O)N1.